The maximum atomic E-state index is 7.65. The van der Waals surface area contributed by atoms with Crippen LogP contribution in [0.3, 0.4) is 0 Å². The number of anilines is 1. The molecule has 5 nitrogen and oxygen atoms in total. The number of benzene rings is 4. The molecule has 2 N–H and O–H groups in total. The van der Waals surface area contributed by atoms with Crippen molar-refractivity contribution in [2.75, 3.05) is 4.90 Å². The number of para-hydroxylation sites is 1. The summed E-state index contributed by atoms with van der Waals surface area (Å²) in [6, 6.07) is 40.0. The molecule has 11 rings (SSSR count). The molecule has 6 aliphatic rings. The average Bonchev–Trinajstić information content (AvgIpc) is 3.82. The Morgan fingerprint density at radius 2 is 1.59 bits per heavy atom. The van der Waals surface area contributed by atoms with E-state index in [1.165, 1.54) is 44.8 Å². The van der Waals surface area contributed by atoms with Crippen LogP contribution in [0.4, 0.5) is 5.69 Å². The summed E-state index contributed by atoms with van der Waals surface area (Å²) in [5.74, 6) is 3.07. The highest BCUT2D eigenvalue weighted by molar-refractivity contribution is 8.01. The minimum absolute atomic E-state index is 0.0357. The van der Waals surface area contributed by atoms with Crippen molar-refractivity contribution in [2.45, 2.75) is 92.9 Å². The minimum atomic E-state index is -0.0357. The molecule has 6 unspecified atom stereocenters. The number of nitrogens with two attached hydrogens (primary N) is 1. The van der Waals surface area contributed by atoms with Crippen LogP contribution in [0, 0.1) is 11.8 Å². The Kier molecular flexibility index (Phi) is 10.5. The second kappa shape index (κ2) is 16.6. The summed E-state index contributed by atoms with van der Waals surface area (Å²) in [5, 5.41) is 0. The normalized spacial score (nSPS) is 25.4. The molecule has 3 heterocycles. The largest absolute Gasteiger partial charge is 0.398 e. The average molecular weight is 842 g/mol. The van der Waals surface area contributed by atoms with Gasteiger partial charge in [0.1, 0.15) is 0 Å². The van der Waals surface area contributed by atoms with Gasteiger partial charge in [0.25, 0.3) is 0 Å². The van der Waals surface area contributed by atoms with E-state index in [2.05, 4.69) is 170 Å². The molecular weight excluding hydrogens is 787 g/mol. The Labute approximate surface area is 377 Å². The van der Waals surface area contributed by atoms with Crippen molar-refractivity contribution >= 4 is 39.9 Å². The van der Waals surface area contributed by atoms with Crippen molar-refractivity contribution in [2.24, 2.45) is 17.6 Å². The molecule has 6 heteroatoms. The number of hydrogen-bond donors (Lipinski definition) is 1. The predicted octanol–water partition coefficient (Wildman–Crippen LogP) is 13.4. The molecule has 1 saturated heterocycles. The van der Waals surface area contributed by atoms with Gasteiger partial charge in [-0.25, -0.2) is 15.0 Å². The van der Waals surface area contributed by atoms with E-state index >= 15 is 0 Å². The third-order valence-electron chi connectivity index (χ3n) is 14.5. The molecule has 0 radical (unpaired) electrons. The van der Waals surface area contributed by atoms with Crippen molar-refractivity contribution in [1.29, 1.82) is 0 Å². The van der Waals surface area contributed by atoms with Gasteiger partial charge in [-0.1, -0.05) is 146 Å². The monoisotopic (exact) mass is 841 g/mol. The van der Waals surface area contributed by atoms with E-state index in [4.69, 9.17) is 20.7 Å². The zero-order valence-corrected chi connectivity index (χ0v) is 37.1. The molecule has 0 spiro atoms. The molecular formula is C57H55N5S. The van der Waals surface area contributed by atoms with Gasteiger partial charge >= 0.3 is 0 Å². The smallest absolute Gasteiger partial charge is 0.164 e. The Bertz CT molecular complexity index is 2780. The summed E-state index contributed by atoms with van der Waals surface area (Å²) in [6.07, 6.45) is 27.0. The van der Waals surface area contributed by atoms with Gasteiger partial charge < -0.3 is 10.6 Å². The van der Waals surface area contributed by atoms with Crippen LogP contribution in [0.25, 0.3) is 33.8 Å². The Hall–Kier alpha value is -5.98. The summed E-state index contributed by atoms with van der Waals surface area (Å²) in [6.45, 7) is 4.83. The number of aromatic nitrogens is 3. The number of nitrogens with zero attached hydrogens (tertiary/aromatic N) is 4. The highest BCUT2D eigenvalue weighted by Crippen LogP contribution is 2.61. The van der Waals surface area contributed by atoms with Gasteiger partial charge in [-0.2, -0.15) is 0 Å². The molecule has 4 aliphatic carbocycles. The van der Waals surface area contributed by atoms with Crippen LogP contribution < -0.4 is 10.6 Å². The first-order chi connectivity index (χ1) is 30.9. The van der Waals surface area contributed by atoms with E-state index < -0.39 is 0 Å². The van der Waals surface area contributed by atoms with E-state index in [1.54, 1.807) is 5.57 Å². The van der Waals surface area contributed by atoms with Crippen LogP contribution >= 0.6 is 11.8 Å². The Morgan fingerprint density at radius 1 is 0.841 bits per heavy atom. The molecule has 0 amide bonds. The van der Waals surface area contributed by atoms with Crippen LogP contribution in [0.5, 0.6) is 0 Å². The summed E-state index contributed by atoms with van der Waals surface area (Å²) < 4.78 is -0.0357. The summed E-state index contributed by atoms with van der Waals surface area (Å²) in [5.41, 5.74) is 21.0. The first kappa shape index (κ1) is 39.8. The van der Waals surface area contributed by atoms with Gasteiger partial charge in [0.05, 0.1) is 12.1 Å². The highest BCUT2D eigenvalue weighted by Gasteiger charge is 2.53. The molecule has 314 valence electrons. The van der Waals surface area contributed by atoms with Gasteiger partial charge in [-0.3, -0.25) is 0 Å². The lowest BCUT2D eigenvalue weighted by atomic mass is 9.74. The second-order valence-electron chi connectivity index (χ2n) is 18.5. The number of allylic oxidation sites excluding steroid dienone is 9. The third kappa shape index (κ3) is 7.36. The predicted molar refractivity (Wildman–Crippen MR) is 263 cm³/mol. The van der Waals surface area contributed by atoms with E-state index in [1.807, 2.05) is 17.8 Å². The minimum Gasteiger partial charge on any atom is -0.398 e. The third-order valence-corrected chi connectivity index (χ3v) is 15.9. The molecule has 63 heavy (non-hydrogen) atoms. The topological polar surface area (TPSA) is 67.9 Å². The molecule has 5 aromatic rings. The number of thioether (sulfide) groups is 1. The molecule has 6 atom stereocenters. The maximum Gasteiger partial charge on any atom is 0.164 e. The Morgan fingerprint density at radius 3 is 2.38 bits per heavy atom. The van der Waals surface area contributed by atoms with Crippen molar-refractivity contribution in [1.82, 2.24) is 15.0 Å². The van der Waals surface area contributed by atoms with E-state index in [0.717, 1.165) is 66.7 Å². The fourth-order valence-electron chi connectivity index (χ4n) is 11.4. The second-order valence-corrected chi connectivity index (χ2v) is 20.0. The lowest BCUT2D eigenvalue weighted by Crippen LogP contribution is -2.40. The number of hydrogen-bond acceptors (Lipinski definition) is 6. The molecule has 2 aliphatic heterocycles. The van der Waals surface area contributed by atoms with Crippen LogP contribution in [0.2, 0.25) is 0 Å². The van der Waals surface area contributed by atoms with E-state index in [-0.39, 0.29) is 16.7 Å². The molecule has 1 fully saturated rings. The zero-order chi connectivity index (χ0) is 42.5. The molecule has 4 aromatic carbocycles. The lowest BCUT2D eigenvalue weighted by molar-refractivity contribution is 0.491. The number of rotatable bonds is 9. The van der Waals surface area contributed by atoms with Gasteiger partial charge in [0.15, 0.2) is 17.5 Å². The van der Waals surface area contributed by atoms with Crippen LogP contribution in [-0.2, 0) is 0 Å². The fourth-order valence-corrected chi connectivity index (χ4v) is 12.8. The Balaban J connectivity index is 1.04. The first-order valence-corrected chi connectivity index (χ1v) is 23.9. The SMILES string of the molecule is CC(C/C(=C(\N)c1ccc2c(c1)C1=CC3C(CC1(C)S2)C1=CC=CCC1N3c1ccccc1)c1nc(C2=CCCCC2)nc(-c2ccccc2)n1)C1=CC=CCC1c1ccccc1. The maximum absolute atomic E-state index is 7.65. The van der Waals surface area contributed by atoms with Crippen LogP contribution in [-0.4, -0.2) is 31.8 Å². The van der Waals surface area contributed by atoms with Crippen molar-refractivity contribution in [3.63, 3.8) is 0 Å². The van der Waals surface area contributed by atoms with Crippen molar-refractivity contribution < 1.29 is 0 Å². The lowest BCUT2D eigenvalue weighted by Gasteiger charge is -2.39. The summed E-state index contributed by atoms with van der Waals surface area (Å²) in [4.78, 5) is 19.9. The van der Waals surface area contributed by atoms with E-state index in [0.29, 0.717) is 35.9 Å². The molecule has 1 aromatic heterocycles. The highest BCUT2D eigenvalue weighted by atomic mass is 32.2. The van der Waals surface area contributed by atoms with Gasteiger partial charge in [-0.05, 0) is 122 Å². The van der Waals surface area contributed by atoms with Gasteiger partial charge in [0.2, 0.25) is 0 Å². The van der Waals surface area contributed by atoms with Crippen LogP contribution in [0.15, 0.2) is 174 Å². The van der Waals surface area contributed by atoms with Crippen LogP contribution in [0.1, 0.15) is 99.5 Å². The first-order valence-electron chi connectivity index (χ1n) is 23.1. The summed E-state index contributed by atoms with van der Waals surface area (Å²) >= 11 is 2.04. The number of fused-ring (bicyclic) bond motifs is 6. The zero-order valence-electron chi connectivity index (χ0n) is 36.3. The quantitative estimate of drug-likeness (QED) is 0.159. The van der Waals surface area contributed by atoms with Crippen molar-refractivity contribution in [3.05, 3.63) is 197 Å². The fraction of sp³-hybridized carbons (Fsp3) is 0.281. The molecule has 0 saturated carbocycles. The van der Waals surface area contributed by atoms with Gasteiger partial charge in [-0.15, -0.1) is 11.8 Å². The summed E-state index contributed by atoms with van der Waals surface area (Å²) in [7, 11) is 0. The molecule has 0 bridgehead atoms. The van der Waals surface area contributed by atoms with Gasteiger partial charge in [0, 0.05) is 44.0 Å². The van der Waals surface area contributed by atoms with E-state index in [9.17, 15) is 0 Å². The standard InChI is InChI=1S/C57H55N5S/c1-37(43-27-15-16-28-44(43)38-19-7-3-8-20-38)33-47(56-60-54(39-21-9-4-10-22-39)59-55(61-56)40-23-11-5-12-24-40)53(58)41-31-32-52-46(34-41)49-35-51-48(36-57(49,2)63-52)45-29-17-18-30-50(45)62(51)42-25-13-6-14-26-42/h3-4,6-10,13-23,25-27,29,31-32,34-35,37,44,48,50-51H,5,11-12,24,28,30,33,36,58H2,1-2H3/b53-47+. The van der Waals surface area contributed by atoms with Crippen molar-refractivity contribution in [3.8, 4) is 11.4 Å².